The second-order valence-corrected chi connectivity index (χ2v) is 7.61. The van der Waals surface area contributed by atoms with Gasteiger partial charge in [-0.25, -0.2) is 4.79 Å². The number of benzene rings is 1. The van der Waals surface area contributed by atoms with E-state index in [9.17, 15) is 9.59 Å². The summed E-state index contributed by atoms with van der Waals surface area (Å²) in [6, 6.07) is 8.56. The van der Waals surface area contributed by atoms with Crippen molar-refractivity contribution >= 4 is 23.8 Å². The first kappa shape index (κ1) is 20.6. The standard InChI is InChI=1S/C19H29N3O3S/c1-3-25-19(24)22-11-9-21(10-12-22)14-18(23)20-8-13-26-15-17-6-4-16(2)5-7-17/h4-7H,3,8-15H2,1-2H3,(H,20,23)/p+1. The lowest BCUT2D eigenvalue weighted by atomic mass is 10.2. The van der Waals surface area contributed by atoms with Crippen molar-refractivity contribution in [2.24, 2.45) is 0 Å². The third kappa shape index (κ3) is 7.25. The lowest BCUT2D eigenvalue weighted by Gasteiger charge is -2.31. The van der Waals surface area contributed by atoms with E-state index in [0.717, 1.165) is 24.6 Å². The second-order valence-electron chi connectivity index (χ2n) is 6.50. The molecule has 1 heterocycles. The van der Waals surface area contributed by atoms with Crippen molar-refractivity contribution in [1.29, 1.82) is 0 Å². The summed E-state index contributed by atoms with van der Waals surface area (Å²) in [5, 5.41) is 2.99. The molecule has 2 amide bonds. The Morgan fingerprint density at radius 1 is 1.23 bits per heavy atom. The van der Waals surface area contributed by atoms with Crippen LogP contribution in [0.25, 0.3) is 0 Å². The second kappa shape index (κ2) is 11.1. The maximum atomic E-state index is 12.1. The van der Waals surface area contributed by atoms with Crippen LogP contribution >= 0.6 is 11.8 Å². The number of carbonyl (C=O) groups is 2. The number of nitrogens with zero attached hydrogens (tertiary/aromatic N) is 1. The molecule has 0 aromatic heterocycles. The van der Waals surface area contributed by atoms with E-state index in [-0.39, 0.29) is 12.0 Å². The van der Waals surface area contributed by atoms with E-state index in [4.69, 9.17) is 4.74 Å². The smallest absolute Gasteiger partial charge is 0.410 e. The third-order valence-corrected chi connectivity index (χ3v) is 5.40. The number of ether oxygens (including phenoxy) is 1. The number of piperazine rings is 1. The maximum Gasteiger partial charge on any atom is 0.410 e. The summed E-state index contributed by atoms with van der Waals surface area (Å²) < 4.78 is 5.01. The van der Waals surface area contributed by atoms with Crippen LogP contribution in [-0.4, -0.2) is 68.5 Å². The van der Waals surface area contributed by atoms with Gasteiger partial charge in [0.1, 0.15) is 0 Å². The van der Waals surface area contributed by atoms with Gasteiger partial charge in [0.25, 0.3) is 5.91 Å². The van der Waals surface area contributed by atoms with Crippen molar-refractivity contribution in [3.05, 3.63) is 35.4 Å². The molecule has 1 fully saturated rings. The average Bonchev–Trinajstić information content (AvgIpc) is 2.64. The number of hydrogen-bond donors (Lipinski definition) is 2. The van der Waals surface area contributed by atoms with Gasteiger partial charge >= 0.3 is 6.09 Å². The number of rotatable bonds is 8. The molecular formula is C19H30N3O3S+. The van der Waals surface area contributed by atoms with Crippen LogP contribution < -0.4 is 10.2 Å². The van der Waals surface area contributed by atoms with E-state index < -0.39 is 0 Å². The minimum Gasteiger partial charge on any atom is -0.450 e. The van der Waals surface area contributed by atoms with Crippen LogP contribution in [0.5, 0.6) is 0 Å². The SMILES string of the molecule is CCOC(=O)N1CC[NH+](CC(=O)NCCSCc2ccc(C)cc2)CC1. The molecule has 0 saturated carbocycles. The fraction of sp³-hybridized carbons (Fsp3) is 0.579. The average molecular weight is 381 g/mol. The molecule has 2 N–H and O–H groups in total. The topological polar surface area (TPSA) is 63.1 Å². The van der Waals surface area contributed by atoms with Crippen molar-refractivity contribution in [3.63, 3.8) is 0 Å². The fourth-order valence-corrected chi connectivity index (χ4v) is 3.64. The summed E-state index contributed by atoms with van der Waals surface area (Å²) in [6.45, 7) is 8.32. The van der Waals surface area contributed by atoms with E-state index in [0.29, 0.717) is 32.8 Å². The van der Waals surface area contributed by atoms with Gasteiger partial charge in [-0.15, -0.1) is 0 Å². The van der Waals surface area contributed by atoms with Gasteiger partial charge in [-0.2, -0.15) is 11.8 Å². The molecule has 0 radical (unpaired) electrons. The molecule has 26 heavy (non-hydrogen) atoms. The van der Waals surface area contributed by atoms with Gasteiger partial charge in [-0.3, -0.25) is 9.69 Å². The third-order valence-electron chi connectivity index (χ3n) is 4.37. The molecule has 2 rings (SSSR count). The Labute approximate surface area is 160 Å². The van der Waals surface area contributed by atoms with Crippen molar-refractivity contribution in [2.45, 2.75) is 19.6 Å². The maximum absolute atomic E-state index is 12.1. The quantitative estimate of drug-likeness (QED) is 0.652. The number of hydrogen-bond acceptors (Lipinski definition) is 4. The summed E-state index contributed by atoms with van der Waals surface area (Å²) in [6.07, 6.45) is -0.249. The highest BCUT2D eigenvalue weighted by molar-refractivity contribution is 7.98. The zero-order valence-electron chi connectivity index (χ0n) is 15.8. The number of quaternary nitrogens is 1. The zero-order valence-corrected chi connectivity index (χ0v) is 16.6. The van der Waals surface area contributed by atoms with Gasteiger partial charge in [0.2, 0.25) is 0 Å². The Morgan fingerprint density at radius 2 is 1.92 bits per heavy atom. The summed E-state index contributed by atoms with van der Waals surface area (Å²) in [7, 11) is 0. The van der Waals surface area contributed by atoms with Crippen LogP contribution in [0.1, 0.15) is 18.1 Å². The largest absolute Gasteiger partial charge is 0.450 e. The summed E-state index contributed by atoms with van der Waals surface area (Å²) in [4.78, 5) is 26.6. The minimum absolute atomic E-state index is 0.0838. The number of carbonyl (C=O) groups excluding carboxylic acids is 2. The van der Waals surface area contributed by atoms with E-state index >= 15 is 0 Å². The predicted molar refractivity (Wildman–Crippen MR) is 105 cm³/mol. The summed E-state index contributed by atoms with van der Waals surface area (Å²) >= 11 is 1.83. The lowest BCUT2D eigenvalue weighted by molar-refractivity contribution is -0.896. The molecule has 144 valence electrons. The molecule has 0 aliphatic carbocycles. The summed E-state index contributed by atoms with van der Waals surface area (Å²) in [5.41, 5.74) is 2.59. The molecule has 1 aliphatic heterocycles. The lowest BCUT2D eigenvalue weighted by Crippen LogP contribution is -3.15. The summed E-state index contributed by atoms with van der Waals surface area (Å²) in [5.74, 6) is 1.96. The first-order valence-corrected chi connectivity index (χ1v) is 10.4. The number of thioether (sulfide) groups is 1. The van der Waals surface area contributed by atoms with Gasteiger partial charge in [0.05, 0.1) is 32.8 Å². The van der Waals surface area contributed by atoms with Crippen LogP contribution in [0.15, 0.2) is 24.3 Å². The molecule has 0 unspecified atom stereocenters. The van der Waals surface area contributed by atoms with Crippen LogP contribution in [0.3, 0.4) is 0 Å². The molecule has 0 atom stereocenters. The first-order chi connectivity index (χ1) is 12.6. The molecular weight excluding hydrogens is 350 g/mol. The van der Waals surface area contributed by atoms with Crippen molar-refractivity contribution in [3.8, 4) is 0 Å². The van der Waals surface area contributed by atoms with Crippen LogP contribution in [-0.2, 0) is 15.3 Å². The van der Waals surface area contributed by atoms with Crippen LogP contribution in [0.2, 0.25) is 0 Å². The number of aryl methyl sites for hydroxylation is 1. The van der Waals surface area contributed by atoms with E-state index in [1.54, 1.807) is 4.90 Å². The molecule has 1 aromatic carbocycles. The highest BCUT2D eigenvalue weighted by atomic mass is 32.2. The fourth-order valence-electron chi connectivity index (χ4n) is 2.82. The molecule has 0 spiro atoms. The van der Waals surface area contributed by atoms with E-state index in [1.807, 2.05) is 18.7 Å². The Morgan fingerprint density at radius 3 is 2.58 bits per heavy atom. The minimum atomic E-state index is -0.249. The zero-order chi connectivity index (χ0) is 18.8. The van der Waals surface area contributed by atoms with E-state index in [2.05, 4.69) is 36.5 Å². The molecule has 7 heteroatoms. The molecule has 6 nitrogen and oxygen atoms in total. The first-order valence-electron chi connectivity index (χ1n) is 9.23. The molecule has 1 saturated heterocycles. The Hall–Kier alpha value is -1.73. The Bertz CT molecular complexity index is 572. The number of nitrogens with one attached hydrogen (secondary N) is 2. The van der Waals surface area contributed by atoms with Gasteiger partial charge in [-0.1, -0.05) is 29.8 Å². The van der Waals surface area contributed by atoms with Crippen LogP contribution in [0.4, 0.5) is 4.79 Å². The monoisotopic (exact) mass is 380 g/mol. The van der Waals surface area contributed by atoms with Gasteiger partial charge < -0.3 is 15.0 Å². The van der Waals surface area contributed by atoms with Gasteiger partial charge in [0, 0.05) is 18.1 Å². The Balaban J connectivity index is 1.54. The van der Waals surface area contributed by atoms with Gasteiger partial charge in [0.15, 0.2) is 6.54 Å². The molecule has 1 aliphatic rings. The van der Waals surface area contributed by atoms with Crippen molar-refractivity contribution in [1.82, 2.24) is 10.2 Å². The predicted octanol–water partition coefficient (Wildman–Crippen LogP) is 0.701. The highest BCUT2D eigenvalue weighted by Crippen LogP contribution is 2.12. The van der Waals surface area contributed by atoms with Gasteiger partial charge in [-0.05, 0) is 19.4 Å². The Kier molecular flexibility index (Phi) is 8.77. The normalized spacial score (nSPS) is 14.9. The van der Waals surface area contributed by atoms with Crippen LogP contribution in [0, 0.1) is 6.92 Å². The van der Waals surface area contributed by atoms with Crippen molar-refractivity contribution < 1.29 is 19.2 Å². The molecule has 0 bridgehead atoms. The number of amides is 2. The van der Waals surface area contributed by atoms with E-state index in [1.165, 1.54) is 16.0 Å². The van der Waals surface area contributed by atoms with Crippen molar-refractivity contribution in [2.75, 3.05) is 51.6 Å². The highest BCUT2D eigenvalue weighted by Gasteiger charge is 2.25. The molecule has 1 aromatic rings.